The summed E-state index contributed by atoms with van der Waals surface area (Å²) in [4.78, 5) is 29.7. The molecule has 0 aliphatic carbocycles. The highest BCUT2D eigenvalue weighted by atomic mass is 16.7. The molecule has 2 saturated heterocycles. The summed E-state index contributed by atoms with van der Waals surface area (Å²) < 4.78 is 5.52. The number of carbonyl (C=O) groups is 2. The van der Waals surface area contributed by atoms with E-state index in [1.54, 1.807) is 0 Å². The van der Waals surface area contributed by atoms with Crippen molar-refractivity contribution in [1.82, 2.24) is 5.06 Å². The molecule has 0 aromatic heterocycles. The van der Waals surface area contributed by atoms with Gasteiger partial charge in [0, 0.05) is 0 Å². The van der Waals surface area contributed by atoms with E-state index in [1.807, 2.05) is 32.9 Å². The van der Waals surface area contributed by atoms with Crippen LogP contribution in [-0.2, 0) is 19.2 Å². The number of hydrogen-bond acceptors (Lipinski definition) is 4. The number of amides is 2. The van der Waals surface area contributed by atoms with Gasteiger partial charge in [-0.1, -0.05) is 12.2 Å². The number of fused-ring (bicyclic) bond motifs is 5. The molecule has 2 unspecified atom stereocenters. The van der Waals surface area contributed by atoms with Gasteiger partial charge in [-0.2, -0.15) is 5.06 Å². The molecule has 0 aromatic carbocycles. The van der Waals surface area contributed by atoms with Crippen LogP contribution in [0.3, 0.4) is 0 Å². The quantitative estimate of drug-likeness (QED) is 0.496. The molecule has 2 bridgehead atoms. The van der Waals surface area contributed by atoms with Gasteiger partial charge in [0.15, 0.2) is 0 Å². The lowest BCUT2D eigenvalue weighted by Gasteiger charge is -2.25. The van der Waals surface area contributed by atoms with E-state index in [-0.39, 0.29) is 35.9 Å². The van der Waals surface area contributed by atoms with Crippen molar-refractivity contribution in [2.75, 3.05) is 0 Å². The van der Waals surface area contributed by atoms with Crippen LogP contribution in [0, 0.1) is 11.8 Å². The number of rotatable bonds is 1. The van der Waals surface area contributed by atoms with E-state index in [4.69, 9.17) is 9.57 Å². The second-order valence-electron chi connectivity index (χ2n) is 5.68. The lowest BCUT2D eigenvalue weighted by atomic mass is 9.85. The first-order valence-corrected chi connectivity index (χ1v) is 5.79. The van der Waals surface area contributed by atoms with Crippen LogP contribution < -0.4 is 0 Å². The van der Waals surface area contributed by atoms with Gasteiger partial charge in [0.1, 0.15) is 0 Å². The SMILES string of the molecule is CC(C)(C)ON1C(=O)C2C(C1=O)[C@H]1C=C[C@@H]2O1. The Morgan fingerprint density at radius 1 is 1.12 bits per heavy atom. The normalized spacial score (nSPS) is 39.4. The van der Waals surface area contributed by atoms with E-state index < -0.39 is 5.60 Å². The van der Waals surface area contributed by atoms with Crippen LogP contribution in [0.1, 0.15) is 20.8 Å². The standard InChI is InChI=1S/C12H15NO4/c1-12(2,3)17-13-10(14)8-6-4-5-7(16-6)9(8)11(13)15/h4-9H,1-3H3/t6-,7+,8?,9?. The number of ether oxygens (including phenoxy) is 1. The van der Waals surface area contributed by atoms with Crippen LogP contribution in [0.5, 0.6) is 0 Å². The maximum Gasteiger partial charge on any atom is 0.260 e. The van der Waals surface area contributed by atoms with Crippen LogP contribution in [0.4, 0.5) is 0 Å². The highest BCUT2D eigenvalue weighted by Gasteiger charge is 2.61. The number of hydroxylamine groups is 2. The first kappa shape index (κ1) is 10.9. The van der Waals surface area contributed by atoms with Crippen molar-refractivity contribution in [3.8, 4) is 0 Å². The Balaban J connectivity index is 1.88. The highest BCUT2D eigenvalue weighted by molar-refractivity contribution is 6.05. The molecule has 0 aromatic rings. The summed E-state index contributed by atoms with van der Waals surface area (Å²) in [6, 6.07) is 0. The van der Waals surface area contributed by atoms with Crippen LogP contribution in [0.15, 0.2) is 12.2 Å². The third kappa shape index (κ3) is 1.46. The van der Waals surface area contributed by atoms with E-state index >= 15 is 0 Å². The van der Waals surface area contributed by atoms with Gasteiger partial charge in [-0.05, 0) is 20.8 Å². The predicted molar refractivity (Wildman–Crippen MR) is 57.5 cm³/mol. The largest absolute Gasteiger partial charge is 0.365 e. The van der Waals surface area contributed by atoms with E-state index in [0.717, 1.165) is 5.06 Å². The highest BCUT2D eigenvalue weighted by Crippen LogP contribution is 2.45. The van der Waals surface area contributed by atoms with Crippen molar-refractivity contribution in [3.63, 3.8) is 0 Å². The number of imide groups is 1. The lowest BCUT2D eigenvalue weighted by molar-refractivity contribution is -0.222. The molecule has 17 heavy (non-hydrogen) atoms. The second-order valence-corrected chi connectivity index (χ2v) is 5.68. The topological polar surface area (TPSA) is 55.8 Å². The molecule has 92 valence electrons. The summed E-state index contributed by atoms with van der Waals surface area (Å²) in [5.74, 6) is -1.32. The molecule has 4 atom stereocenters. The van der Waals surface area contributed by atoms with Gasteiger partial charge < -0.3 is 4.74 Å². The van der Waals surface area contributed by atoms with E-state index in [2.05, 4.69) is 0 Å². The number of nitrogens with zero attached hydrogens (tertiary/aromatic N) is 1. The zero-order chi connectivity index (χ0) is 12.4. The summed E-state index contributed by atoms with van der Waals surface area (Å²) in [5.41, 5.74) is -0.558. The maximum absolute atomic E-state index is 12.1. The predicted octanol–water partition coefficient (Wildman–Crippen LogP) is 0.655. The molecule has 2 amide bonds. The van der Waals surface area contributed by atoms with E-state index in [9.17, 15) is 9.59 Å². The fourth-order valence-electron chi connectivity index (χ4n) is 2.64. The Kier molecular flexibility index (Phi) is 2.04. The van der Waals surface area contributed by atoms with E-state index in [1.165, 1.54) is 0 Å². The third-order valence-electron chi connectivity index (χ3n) is 3.24. The van der Waals surface area contributed by atoms with Crippen LogP contribution in [0.2, 0.25) is 0 Å². The van der Waals surface area contributed by atoms with Crippen molar-refractivity contribution >= 4 is 11.8 Å². The van der Waals surface area contributed by atoms with Crippen molar-refractivity contribution < 1.29 is 19.2 Å². The molecule has 2 fully saturated rings. The van der Waals surface area contributed by atoms with Gasteiger partial charge in [0.25, 0.3) is 11.8 Å². The zero-order valence-electron chi connectivity index (χ0n) is 10.0. The molecule has 5 heteroatoms. The van der Waals surface area contributed by atoms with Gasteiger partial charge in [-0.15, -0.1) is 0 Å². The summed E-state index contributed by atoms with van der Waals surface area (Å²) in [7, 11) is 0. The molecular formula is C12H15NO4. The average molecular weight is 237 g/mol. The first-order chi connectivity index (χ1) is 7.88. The molecule has 3 heterocycles. The van der Waals surface area contributed by atoms with Gasteiger partial charge in [0.05, 0.1) is 29.6 Å². The Bertz CT molecular complexity index is 393. The van der Waals surface area contributed by atoms with E-state index in [0.29, 0.717) is 0 Å². The molecule has 3 aliphatic rings. The van der Waals surface area contributed by atoms with Crippen molar-refractivity contribution in [3.05, 3.63) is 12.2 Å². The molecule has 0 spiro atoms. The van der Waals surface area contributed by atoms with Crippen molar-refractivity contribution in [1.29, 1.82) is 0 Å². The molecular weight excluding hydrogens is 222 g/mol. The molecule has 5 nitrogen and oxygen atoms in total. The monoisotopic (exact) mass is 237 g/mol. The second kappa shape index (κ2) is 3.17. The van der Waals surface area contributed by atoms with Gasteiger partial charge in [-0.25, -0.2) is 0 Å². The van der Waals surface area contributed by atoms with Gasteiger partial charge in [-0.3, -0.25) is 14.4 Å². The number of carbonyl (C=O) groups excluding carboxylic acids is 2. The Morgan fingerprint density at radius 2 is 1.59 bits per heavy atom. The Hall–Kier alpha value is -1.20. The minimum atomic E-state index is -0.558. The van der Waals surface area contributed by atoms with Gasteiger partial charge >= 0.3 is 0 Å². The van der Waals surface area contributed by atoms with Crippen LogP contribution in [0.25, 0.3) is 0 Å². The summed E-state index contributed by atoms with van der Waals surface area (Å²) in [5, 5.41) is 0.935. The zero-order valence-corrected chi connectivity index (χ0v) is 10.0. The summed E-state index contributed by atoms with van der Waals surface area (Å²) in [6.45, 7) is 5.43. The Morgan fingerprint density at radius 3 is 2.00 bits per heavy atom. The third-order valence-corrected chi connectivity index (χ3v) is 3.24. The summed E-state index contributed by atoms with van der Waals surface area (Å²) >= 11 is 0. The average Bonchev–Trinajstić information content (AvgIpc) is 2.86. The minimum Gasteiger partial charge on any atom is -0.365 e. The maximum atomic E-state index is 12.1. The molecule has 0 radical (unpaired) electrons. The van der Waals surface area contributed by atoms with Crippen molar-refractivity contribution in [2.45, 2.75) is 38.6 Å². The molecule has 0 saturated carbocycles. The fraction of sp³-hybridized carbons (Fsp3) is 0.667. The number of hydrogen-bond donors (Lipinski definition) is 0. The van der Waals surface area contributed by atoms with Crippen LogP contribution in [-0.4, -0.2) is 34.7 Å². The Labute approximate surface area is 99.3 Å². The summed E-state index contributed by atoms with van der Waals surface area (Å²) in [6.07, 6.45) is 3.21. The fourth-order valence-corrected chi connectivity index (χ4v) is 2.64. The van der Waals surface area contributed by atoms with Crippen molar-refractivity contribution in [2.24, 2.45) is 11.8 Å². The van der Waals surface area contributed by atoms with Crippen LogP contribution >= 0.6 is 0 Å². The molecule has 0 N–H and O–H groups in total. The lowest BCUT2D eigenvalue weighted by Crippen LogP contribution is -2.40. The molecule has 3 rings (SSSR count). The minimum absolute atomic E-state index is 0.255. The smallest absolute Gasteiger partial charge is 0.260 e. The van der Waals surface area contributed by atoms with Gasteiger partial charge in [0.2, 0.25) is 0 Å². The molecule has 3 aliphatic heterocycles. The first-order valence-electron chi connectivity index (χ1n) is 5.79.